The van der Waals surface area contributed by atoms with E-state index < -0.39 is 0 Å². The van der Waals surface area contributed by atoms with Crippen molar-refractivity contribution in [3.8, 4) is 28.6 Å². The quantitative estimate of drug-likeness (QED) is 0.327. The Labute approximate surface area is 200 Å². The molecule has 168 valence electrons. The van der Waals surface area contributed by atoms with Crippen molar-refractivity contribution in [2.45, 2.75) is 12.1 Å². The van der Waals surface area contributed by atoms with E-state index in [2.05, 4.69) is 15.5 Å². The molecule has 0 bridgehead atoms. The van der Waals surface area contributed by atoms with Crippen molar-refractivity contribution in [3.63, 3.8) is 0 Å². The topological polar surface area (TPSA) is 89.3 Å². The molecule has 33 heavy (non-hydrogen) atoms. The number of nitrogens with zero attached hydrogens (tertiary/aromatic N) is 3. The highest BCUT2D eigenvalue weighted by atomic mass is 35.5. The Morgan fingerprint density at radius 1 is 1.06 bits per heavy atom. The Hall–Kier alpha value is -3.49. The summed E-state index contributed by atoms with van der Waals surface area (Å²) >= 11 is 7.36. The molecule has 1 aromatic heterocycles. The number of halogens is 1. The van der Waals surface area contributed by atoms with Crippen molar-refractivity contribution < 1.29 is 14.6 Å². The van der Waals surface area contributed by atoms with E-state index in [-0.39, 0.29) is 17.4 Å². The first-order valence-corrected chi connectivity index (χ1v) is 11.6. The maximum absolute atomic E-state index is 12.5. The van der Waals surface area contributed by atoms with Crippen LogP contribution in [0.25, 0.3) is 17.1 Å². The maximum atomic E-state index is 12.5. The van der Waals surface area contributed by atoms with Gasteiger partial charge in [-0.2, -0.15) is 0 Å². The first-order valence-electron chi connectivity index (χ1n) is 10.2. The third-order valence-corrected chi connectivity index (χ3v) is 5.92. The van der Waals surface area contributed by atoms with E-state index in [0.717, 1.165) is 11.4 Å². The number of benzene rings is 3. The van der Waals surface area contributed by atoms with Gasteiger partial charge in [-0.05, 0) is 55.5 Å². The van der Waals surface area contributed by atoms with Crippen LogP contribution in [0, 0.1) is 0 Å². The summed E-state index contributed by atoms with van der Waals surface area (Å²) in [6.45, 7) is 2.49. The first-order chi connectivity index (χ1) is 16.1. The summed E-state index contributed by atoms with van der Waals surface area (Å²) in [7, 11) is 0. The molecule has 4 aromatic rings. The van der Waals surface area contributed by atoms with E-state index in [9.17, 15) is 9.90 Å². The van der Waals surface area contributed by atoms with Gasteiger partial charge in [0.15, 0.2) is 11.0 Å². The van der Waals surface area contributed by atoms with Gasteiger partial charge in [-0.25, -0.2) is 0 Å². The second-order valence-corrected chi connectivity index (χ2v) is 8.25. The predicted molar refractivity (Wildman–Crippen MR) is 130 cm³/mol. The summed E-state index contributed by atoms with van der Waals surface area (Å²) in [5.41, 5.74) is 1.86. The normalized spacial score (nSPS) is 10.7. The predicted octanol–water partition coefficient (Wildman–Crippen LogP) is 5.42. The van der Waals surface area contributed by atoms with Gasteiger partial charge >= 0.3 is 0 Å². The van der Waals surface area contributed by atoms with Gasteiger partial charge in [0.25, 0.3) is 0 Å². The average molecular weight is 481 g/mol. The van der Waals surface area contributed by atoms with Crippen molar-refractivity contribution in [2.75, 3.05) is 17.7 Å². The molecule has 0 aliphatic carbocycles. The fourth-order valence-electron chi connectivity index (χ4n) is 3.17. The van der Waals surface area contributed by atoms with Gasteiger partial charge in [-0.15, -0.1) is 10.2 Å². The van der Waals surface area contributed by atoms with E-state index in [4.69, 9.17) is 16.3 Å². The number of aromatic hydroxyl groups is 1. The summed E-state index contributed by atoms with van der Waals surface area (Å²) in [6.07, 6.45) is 0. The van der Waals surface area contributed by atoms with Crippen LogP contribution in [0.1, 0.15) is 6.92 Å². The number of hydrogen-bond donors (Lipinski definition) is 2. The van der Waals surface area contributed by atoms with Gasteiger partial charge in [0.1, 0.15) is 11.5 Å². The van der Waals surface area contributed by atoms with Crippen LogP contribution in [0.3, 0.4) is 0 Å². The van der Waals surface area contributed by atoms with E-state index >= 15 is 0 Å². The number of nitrogens with one attached hydrogen (secondary N) is 1. The van der Waals surface area contributed by atoms with Gasteiger partial charge in [0, 0.05) is 0 Å². The average Bonchev–Trinajstić information content (AvgIpc) is 3.24. The summed E-state index contributed by atoms with van der Waals surface area (Å²) in [6, 6.07) is 21.4. The van der Waals surface area contributed by atoms with Gasteiger partial charge in [-0.3, -0.25) is 9.36 Å². The van der Waals surface area contributed by atoms with Crippen molar-refractivity contribution in [3.05, 3.63) is 77.8 Å². The lowest BCUT2D eigenvalue weighted by Gasteiger charge is -2.12. The van der Waals surface area contributed by atoms with Crippen LogP contribution in [0.15, 0.2) is 78.0 Å². The number of anilines is 1. The number of thioether (sulfide) groups is 1. The molecule has 0 saturated heterocycles. The second kappa shape index (κ2) is 10.4. The molecular formula is C24H21ClN4O3S. The lowest BCUT2D eigenvalue weighted by Crippen LogP contribution is -2.14. The Bertz CT molecular complexity index is 1260. The molecule has 2 N–H and O–H groups in total. The molecule has 7 nitrogen and oxygen atoms in total. The summed E-state index contributed by atoms with van der Waals surface area (Å²) < 4.78 is 7.34. The smallest absolute Gasteiger partial charge is 0.234 e. The number of aromatic nitrogens is 3. The van der Waals surface area contributed by atoms with Crippen LogP contribution >= 0.6 is 23.4 Å². The van der Waals surface area contributed by atoms with Gasteiger partial charge in [0.05, 0.1) is 34.3 Å². The number of carbonyl (C=O) groups excluding carboxylic acids is 1. The standard InChI is InChI=1S/C24H21ClN4O3S/c1-2-32-17-13-11-16(12-14-17)29-23(18-7-3-6-10-21(18)30)27-28-24(29)33-15-22(31)26-20-9-5-4-8-19(20)25/h3-14,30H,2,15H2,1H3,(H,26,31). The minimum atomic E-state index is -0.224. The molecule has 1 heterocycles. The van der Waals surface area contributed by atoms with Gasteiger partial charge < -0.3 is 15.2 Å². The molecule has 1 amide bonds. The highest BCUT2D eigenvalue weighted by Gasteiger charge is 2.19. The van der Waals surface area contributed by atoms with Gasteiger partial charge in [-0.1, -0.05) is 47.6 Å². The molecule has 0 aliphatic heterocycles. The zero-order valence-electron chi connectivity index (χ0n) is 17.7. The number of amides is 1. The number of para-hydroxylation sites is 2. The lowest BCUT2D eigenvalue weighted by atomic mass is 10.2. The SMILES string of the molecule is CCOc1ccc(-n2c(SCC(=O)Nc3ccccc3Cl)nnc2-c2ccccc2O)cc1. The highest BCUT2D eigenvalue weighted by Crippen LogP contribution is 2.33. The highest BCUT2D eigenvalue weighted by molar-refractivity contribution is 7.99. The van der Waals surface area contributed by atoms with E-state index in [1.807, 2.05) is 37.3 Å². The van der Waals surface area contributed by atoms with Crippen molar-refractivity contribution in [1.29, 1.82) is 0 Å². The van der Waals surface area contributed by atoms with Crippen LogP contribution in [0.4, 0.5) is 5.69 Å². The molecule has 0 fully saturated rings. The molecule has 0 radical (unpaired) electrons. The Morgan fingerprint density at radius 3 is 2.52 bits per heavy atom. The van der Waals surface area contributed by atoms with Crippen LogP contribution < -0.4 is 10.1 Å². The molecule has 0 spiro atoms. The number of phenolic OH excluding ortho intramolecular Hbond substituents is 1. The summed E-state index contributed by atoms with van der Waals surface area (Å²) in [5, 5.41) is 22.8. The van der Waals surface area contributed by atoms with E-state index in [0.29, 0.717) is 33.9 Å². The maximum Gasteiger partial charge on any atom is 0.234 e. The number of rotatable bonds is 8. The lowest BCUT2D eigenvalue weighted by molar-refractivity contribution is -0.113. The minimum absolute atomic E-state index is 0.0881. The fourth-order valence-corrected chi connectivity index (χ4v) is 4.11. The number of hydrogen-bond acceptors (Lipinski definition) is 6. The van der Waals surface area contributed by atoms with Crippen molar-refractivity contribution >= 4 is 35.0 Å². The molecule has 4 rings (SSSR count). The second-order valence-electron chi connectivity index (χ2n) is 6.90. The third kappa shape index (κ3) is 5.30. The van der Waals surface area contributed by atoms with E-state index in [1.165, 1.54) is 11.8 Å². The zero-order chi connectivity index (χ0) is 23.2. The minimum Gasteiger partial charge on any atom is -0.507 e. The fraction of sp³-hybridized carbons (Fsp3) is 0.125. The monoisotopic (exact) mass is 480 g/mol. The van der Waals surface area contributed by atoms with Crippen molar-refractivity contribution in [1.82, 2.24) is 14.8 Å². The molecule has 0 atom stereocenters. The largest absolute Gasteiger partial charge is 0.507 e. The van der Waals surface area contributed by atoms with Crippen LogP contribution in [-0.2, 0) is 4.79 Å². The first kappa shape index (κ1) is 22.7. The summed E-state index contributed by atoms with van der Waals surface area (Å²) in [4.78, 5) is 12.5. The molecule has 0 unspecified atom stereocenters. The Morgan fingerprint density at radius 2 is 1.79 bits per heavy atom. The molecule has 0 aliphatic rings. The van der Waals surface area contributed by atoms with Crippen LogP contribution in [0.5, 0.6) is 11.5 Å². The van der Waals surface area contributed by atoms with Crippen LogP contribution in [-0.4, -0.2) is 38.1 Å². The number of phenols is 1. The molecule has 3 aromatic carbocycles. The van der Waals surface area contributed by atoms with Gasteiger partial charge in [0.2, 0.25) is 5.91 Å². The third-order valence-electron chi connectivity index (χ3n) is 4.66. The molecule has 0 saturated carbocycles. The summed E-state index contributed by atoms with van der Waals surface area (Å²) in [5.74, 6) is 1.17. The molecular weight excluding hydrogens is 460 g/mol. The Balaban J connectivity index is 1.63. The van der Waals surface area contributed by atoms with E-state index in [1.54, 1.807) is 47.0 Å². The molecule has 9 heteroatoms. The van der Waals surface area contributed by atoms with Crippen LogP contribution in [0.2, 0.25) is 5.02 Å². The number of carbonyl (C=O) groups is 1. The van der Waals surface area contributed by atoms with Crippen molar-refractivity contribution in [2.24, 2.45) is 0 Å². The Kier molecular flexibility index (Phi) is 7.16. The number of ether oxygens (including phenoxy) is 1. The zero-order valence-corrected chi connectivity index (χ0v) is 19.3.